The molecule has 3 rings (SSSR count). The van der Waals surface area contributed by atoms with Gasteiger partial charge < -0.3 is 15.2 Å². The van der Waals surface area contributed by atoms with Gasteiger partial charge in [-0.25, -0.2) is 22.3 Å². The quantitative estimate of drug-likeness (QED) is 0.394. The first kappa shape index (κ1) is 24.0. The van der Waals surface area contributed by atoms with Crippen molar-refractivity contribution in [3.8, 4) is 5.75 Å². The predicted octanol–water partition coefficient (Wildman–Crippen LogP) is 1.09. The van der Waals surface area contributed by atoms with Gasteiger partial charge in [0.05, 0.1) is 12.4 Å². The zero-order valence-electron chi connectivity index (χ0n) is 17.7. The van der Waals surface area contributed by atoms with E-state index in [0.717, 1.165) is 23.6 Å². The lowest BCUT2D eigenvalue weighted by Gasteiger charge is -2.16. The van der Waals surface area contributed by atoms with E-state index in [-0.39, 0.29) is 36.9 Å². The Kier molecular flexibility index (Phi) is 7.69. The summed E-state index contributed by atoms with van der Waals surface area (Å²) in [5.74, 6) is -0.0972. The van der Waals surface area contributed by atoms with Crippen LogP contribution in [0, 0.1) is 11.7 Å². The lowest BCUT2D eigenvalue weighted by molar-refractivity contribution is 0.0746. The number of H-pyrrole nitrogens is 1. The number of nitrogens with zero attached hydrogens (tertiary/aromatic N) is 1. The van der Waals surface area contributed by atoms with Crippen molar-refractivity contribution >= 4 is 15.7 Å². The highest BCUT2D eigenvalue weighted by molar-refractivity contribution is 7.89. The molecule has 0 aliphatic heterocycles. The molecular formula is C20H27FN4O6S. The van der Waals surface area contributed by atoms with Crippen LogP contribution < -0.4 is 26.4 Å². The number of hydrogen-bond donors (Lipinski definition) is 3. The van der Waals surface area contributed by atoms with E-state index >= 15 is 0 Å². The number of hydrogen-bond acceptors (Lipinski definition) is 7. The van der Waals surface area contributed by atoms with Gasteiger partial charge in [0.25, 0.3) is 5.56 Å². The number of nitrogen functional groups attached to an aromatic ring is 1. The van der Waals surface area contributed by atoms with Gasteiger partial charge in [0, 0.05) is 18.8 Å². The zero-order chi connectivity index (χ0) is 23.3. The largest absolute Gasteiger partial charge is 0.490 e. The Morgan fingerprint density at radius 1 is 1.34 bits per heavy atom. The molecule has 1 aliphatic rings. The van der Waals surface area contributed by atoms with Gasteiger partial charge in [-0.2, -0.15) is 0 Å². The molecule has 10 nitrogen and oxygen atoms in total. The van der Waals surface area contributed by atoms with Crippen molar-refractivity contribution in [1.29, 1.82) is 0 Å². The summed E-state index contributed by atoms with van der Waals surface area (Å²) in [7, 11) is -3.63. The molecule has 4 N–H and O–H groups in total. The van der Waals surface area contributed by atoms with Crippen molar-refractivity contribution in [1.82, 2.24) is 14.3 Å². The van der Waals surface area contributed by atoms with Crippen molar-refractivity contribution in [2.45, 2.75) is 39.0 Å². The van der Waals surface area contributed by atoms with Crippen molar-refractivity contribution in [3.63, 3.8) is 0 Å². The van der Waals surface area contributed by atoms with Crippen LogP contribution in [0.2, 0.25) is 0 Å². The highest BCUT2D eigenvalue weighted by Crippen LogP contribution is 2.31. The van der Waals surface area contributed by atoms with Crippen LogP contribution in [0.5, 0.6) is 5.75 Å². The van der Waals surface area contributed by atoms with Crippen LogP contribution in [0.4, 0.5) is 10.1 Å². The summed E-state index contributed by atoms with van der Waals surface area (Å²) >= 11 is 0. The van der Waals surface area contributed by atoms with Gasteiger partial charge in [-0.1, -0.05) is 6.07 Å². The zero-order valence-corrected chi connectivity index (χ0v) is 18.5. The molecule has 0 unspecified atom stereocenters. The summed E-state index contributed by atoms with van der Waals surface area (Å²) in [6.45, 7) is 2.01. The number of halogens is 1. The van der Waals surface area contributed by atoms with Gasteiger partial charge in [0.2, 0.25) is 10.0 Å². The second-order valence-corrected chi connectivity index (χ2v) is 9.68. The number of nitrogens with one attached hydrogen (secondary N) is 2. The summed E-state index contributed by atoms with van der Waals surface area (Å²) < 4.78 is 53.1. The summed E-state index contributed by atoms with van der Waals surface area (Å²) in [5.41, 5.74) is 4.55. The van der Waals surface area contributed by atoms with E-state index < -0.39 is 33.1 Å². The molecule has 0 spiro atoms. The van der Waals surface area contributed by atoms with Crippen LogP contribution >= 0.6 is 0 Å². The monoisotopic (exact) mass is 470 g/mol. The molecule has 1 saturated carbocycles. The summed E-state index contributed by atoms with van der Waals surface area (Å²) in [4.78, 5) is 24.9. The average Bonchev–Trinajstić information content (AvgIpc) is 3.54. The molecule has 0 bridgehead atoms. The van der Waals surface area contributed by atoms with E-state index in [0.29, 0.717) is 18.1 Å². The summed E-state index contributed by atoms with van der Waals surface area (Å²) in [6, 6.07) is 3.72. The molecule has 0 saturated heterocycles. The number of ether oxygens (including phenoxy) is 2. The minimum absolute atomic E-state index is 0.0659. The minimum Gasteiger partial charge on any atom is -0.490 e. The third kappa shape index (κ3) is 6.90. The SMILES string of the molecule is C[C@@H](NS(=O)(=O)CCCOCn1cc(N)c(=O)[nH]c1=O)c1ccc(F)c(OCC2CC2)c1. The van der Waals surface area contributed by atoms with Crippen molar-refractivity contribution in [2.24, 2.45) is 5.92 Å². The van der Waals surface area contributed by atoms with Crippen LogP contribution in [0.15, 0.2) is 34.0 Å². The standard InChI is InChI=1S/C20H27FN4O6S/c1-13(15-5-6-16(21)18(9-15)31-11-14-3-4-14)24-32(28,29)8-2-7-30-12-25-10-17(22)19(26)23-20(25)27/h5-6,9-10,13-14,24H,2-4,7-8,11-12,22H2,1H3,(H,23,26,27)/t13-/m1/s1. The molecule has 1 heterocycles. The van der Waals surface area contributed by atoms with Crippen molar-refractivity contribution in [2.75, 3.05) is 24.7 Å². The number of aromatic amines is 1. The molecule has 2 aromatic rings. The van der Waals surface area contributed by atoms with E-state index in [1.807, 2.05) is 4.98 Å². The maximum Gasteiger partial charge on any atom is 0.330 e. The Hall–Kier alpha value is -2.70. The molecular weight excluding hydrogens is 443 g/mol. The third-order valence-electron chi connectivity index (χ3n) is 4.95. The topological polar surface area (TPSA) is 146 Å². The average molecular weight is 471 g/mol. The molecule has 0 amide bonds. The maximum atomic E-state index is 13.9. The van der Waals surface area contributed by atoms with Crippen LogP contribution in [0.25, 0.3) is 0 Å². The van der Waals surface area contributed by atoms with E-state index in [9.17, 15) is 22.4 Å². The Labute approximate surface area is 184 Å². The molecule has 0 radical (unpaired) electrons. The summed E-state index contributed by atoms with van der Waals surface area (Å²) in [5, 5.41) is 0. The number of sulfonamides is 1. The van der Waals surface area contributed by atoms with Crippen LogP contribution in [0.1, 0.15) is 37.8 Å². The lowest BCUT2D eigenvalue weighted by atomic mass is 10.1. The molecule has 1 atom stereocenters. The Bertz CT molecular complexity index is 1160. The van der Waals surface area contributed by atoms with Gasteiger partial charge in [0.1, 0.15) is 12.4 Å². The number of benzene rings is 1. The summed E-state index contributed by atoms with van der Waals surface area (Å²) in [6.07, 6.45) is 3.50. The van der Waals surface area contributed by atoms with Gasteiger partial charge in [-0.05, 0) is 49.8 Å². The fourth-order valence-corrected chi connectivity index (χ4v) is 4.21. The highest BCUT2D eigenvalue weighted by atomic mass is 32.2. The molecule has 176 valence electrons. The van der Waals surface area contributed by atoms with E-state index in [2.05, 4.69) is 4.72 Å². The second-order valence-electron chi connectivity index (χ2n) is 7.81. The van der Waals surface area contributed by atoms with Gasteiger partial charge in [-0.3, -0.25) is 14.3 Å². The Morgan fingerprint density at radius 3 is 2.81 bits per heavy atom. The number of aromatic nitrogens is 2. The molecule has 12 heteroatoms. The molecule has 1 aromatic carbocycles. The highest BCUT2D eigenvalue weighted by Gasteiger charge is 2.23. The molecule has 1 fully saturated rings. The third-order valence-corrected chi connectivity index (χ3v) is 6.49. The van der Waals surface area contributed by atoms with Crippen molar-refractivity contribution < 1.29 is 22.3 Å². The maximum absolute atomic E-state index is 13.9. The van der Waals surface area contributed by atoms with E-state index in [1.54, 1.807) is 6.92 Å². The van der Waals surface area contributed by atoms with Gasteiger partial charge in [0.15, 0.2) is 11.6 Å². The Morgan fingerprint density at radius 2 is 2.09 bits per heavy atom. The molecule has 32 heavy (non-hydrogen) atoms. The van der Waals surface area contributed by atoms with Crippen LogP contribution in [0.3, 0.4) is 0 Å². The number of rotatable bonds is 12. The van der Waals surface area contributed by atoms with Crippen molar-refractivity contribution in [3.05, 3.63) is 56.6 Å². The molecule has 1 aliphatic carbocycles. The normalized spacial score (nSPS) is 14.9. The van der Waals surface area contributed by atoms with Crippen LogP contribution in [-0.4, -0.2) is 36.9 Å². The lowest BCUT2D eigenvalue weighted by Crippen LogP contribution is -2.32. The van der Waals surface area contributed by atoms with Crippen LogP contribution in [-0.2, 0) is 21.5 Å². The number of nitrogens with two attached hydrogens (primary N) is 1. The van der Waals surface area contributed by atoms with E-state index in [4.69, 9.17) is 15.2 Å². The first-order valence-electron chi connectivity index (χ1n) is 10.2. The Balaban J connectivity index is 1.46. The second kappa shape index (κ2) is 10.3. The first-order chi connectivity index (χ1) is 15.1. The fraction of sp³-hybridized carbons (Fsp3) is 0.500. The first-order valence-corrected chi connectivity index (χ1v) is 11.9. The van der Waals surface area contributed by atoms with E-state index in [1.165, 1.54) is 18.2 Å². The van der Waals surface area contributed by atoms with Gasteiger partial charge in [-0.15, -0.1) is 0 Å². The minimum atomic E-state index is -3.63. The smallest absolute Gasteiger partial charge is 0.330 e. The van der Waals surface area contributed by atoms with Gasteiger partial charge >= 0.3 is 5.69 Å². The molecule has 1 aromatic heterocycles. The fourth-order valence-electron chi connectivity index (χ4n) is 2.92. The predicted molar refractivity (Wildman–Crippen MR) is 116 cm³/mol. The number of anilines is 1.